The molecule has 5 heteroatoms. The van der Waals surface area contributed by atoms with Crippen LogP contribution in [0.3, 0.4) is 0 Å². The molecule has 0 aliphatic heterocycles. The second kappa shape index (κ2) is 7.05. The molecule has 0 aromatic heterocycles. The van der Waals surface area contributed by atoms with E-state index in [1.54, 1.807) is 24.3 Å². The highest BCUT2D eigenvalue weighted by molar-refractivity contribution is 5.96. The predicted molar refractivity (Wildman–Crippen MR) is 80.8 cm³/mol. The molecule has 1 rings (SSSR count). The van der Waals surface area contributed by atoms with E-state index in [4.69, 9.17) is 0 Å². The number of hydrogen-bond donors (Lipinski definition) is 3. The van der Waals surface area contributed by atoms with Gasteiger partial charge in [-0.2, -0.15) is 0 Å². The van der Waals surface area contributed by atoms with Gasteiger partial charge in [-0.3, -0.25) is 9.59 Å². The Bertz CT molecular complexity index is 461. The zero-order chi connectivity index (χ0) is 15.2. The summed E-state index contributed by atoms with van der Waals surface area (Å²) in [6.07, 6.45) is 0. The monoisotopic (exact) mass is 277 g/mol. The van der Waals surface area contributed by atoms with E-state index in [0.717, 1.165) is 0 Å². The highest BCUT2D eigenvalue weighted by Crippen LogP contribution is 2.09. The number of carbonyl (C=O) groups is 2. The van der Waals surface area contributed by atoms with Gasteiger partial charge in [-0.25, -0.2) is 0 Å². The van der Waals surface area contributed by atoms with Crippen LogP contribution in [-0.4, -0.2) is 30.4 Å². The topological polar surface area (TPSA) is 70.2 Å². The molecule has 0 saturated heterocycles. The van der Waals surface area contributed by atoms with Gasteiger partial charge in [0.15, 0.2) is 0 Å². The van der Waals surface area contributed by atoms with Crippen LogP contribution < -0.4 is 16.0 Å². The molecule has 0 aliphatic rings. The molecule has 1 aromatic carbocycles. The predicted octanol–water partition coefficient (Wildman–Crippen LogP) is 1.76. The Kier molecular flexibility index (Phi) is 5.70. The smallest absolute Gasteiger partial charge is 0.251 e. The highest BCUT2D eigenvalue weighted by Gasteiger charge is 2.11. The molecular formula is C15H23N3O2. The van der Waals surface area contributed by atoms with Gasteiger partial charge in [-0.15, -0.1) is 0 Å². The van der Waals surface area contributed by atoms with Gasteiger partial charge in [-0.05, 0) is 52.0 Å². The van der Waals surface area contributed by atoms with Gasteiger partial charge in [0, 0.05) is 23.3 Å². The van der Waals surface area contributed by atoms with Gasteiger partial charge >= 0.3 is 0 Å². The van der Waals surface area contributed by atoms with E-state index in [1.807, 2.05) is 27.7 Å². The van der Waals surface area contributed by atoms with E-state index in [0.29, 0.717) is 17.8 Å². The zero-order valence-electron chi connectivity index (χ0n) is 12.5. The van der Waals surface area contributed by atoms with Gasteiger partial charge < -0.3 is 16.0 Å². The van der Waals surface area contributed by atoms with Crippen LogP contribution in [0.15, 0.2) is 24.3 Å². The second-order valence-electron chi connectivity index (χ2n) is 5.59. The van der Waals surface area contributed by atoms with Crippen molar-refractivity contribution in [2.45, 2.75) is 33.2 Å². The van der Waals surface area contributed by atoms with E-state index < -0.39 is 0 Å². The van der Waals surface area contributed by atoms with Crippen LogP contribution in [0.2, 0.25) is 0 Å². The van der Waals surface area contributed by atoms with Crippen LogP contribution in [0.25, 0.3) is 0 Å². The molecular weight excluding hydrogens is 254 g/mol. The summed E-state index contributed by atoms with van der Waals surface area (Å²) in [4.78, 5) is 23.3. The largest absolute Gasteiger partial charge is 0.352 e. The number of hydrogen-bond acceptors (Lipinski definition) is 3. The Morgan fingerprint density at radius 2 is 1.70 bits per heavy atom. The minimum atomic E-state index is -0.111. The fourth-order valence-corrected chi connectivity index (χ4v) is 1.52. The maximum Gasteiger partial charge on any atom is 0.251 e. The number of anilines is 1. The summed E-state index contributed by atoms with van der Waals surface area (Å²) in [6, 6.07) is 6.83. The molecule has 0 bridgehead atoms. The molecule has 5 nitrogen and oxygen atoms in total. The quantitative estimate of drug-likeness (QED) is 0.768. The Labute approximate surface area is 120 Å². The lowest BCUT2D eigenvalue weighted by Crippen LogP contribution is -2.41. The summed E-state index contributed by atoms with van der Waals surface area (Å²) in [5, 5.41) is 8.61. The van der Waals surface area contributed by atoms with Crippen molar-refractivity contribution in [3.8, 4) is 0 Å². The van der Waals surface area contributed by atoms with E-state index in [9.17, 15) is 9.59 Å². The van der Waals surface area contributed by atoms with Crippen LogP contribution in [0, 0.1) is 0 Å². The normalized spacial score (nSPS) is 11.0. The van der Waals surface area contributed by atoms with Crippen LogP contribution in [0.4, 0.5) is 5.69 Å². The van der Waals surface area contributed by atoms with Gasteiger partial charge in [0.1, 0.15) is 0 Å². The molecule has 1 aromatic rings. The van der Waals surface area contributed by atoms with E-state index >= 15 is 0 Å². The highest BCUT2D eigenvalue weighted by atomic mass is 16.2. The maximum absolute atomic E-state index is 11.7. The van der Waals surface area contributed by atoms with Crippen LogP contribution in [0.1, 0.15) is 38.1 Å². The Balaban J connectivity index is 2.53. The summed E-state index contributed by atoms with van der Waals surface area (Å²) in [6.45, 7) is 8.72. The first-order valence-corrected chi connectivity index (χ1v) is 6.75. The first kappa shape index (κ1) is 16.2. The number of rotatable bonds is 5. The van der Waals surface area contributed by atoms with Crippen molar-refractivity contribution >= 4 is 17.5 Å². The maximum atomic E-state index is 11.7. The average molecular weight is 277 g/mol. The van der Waals surface area contributed by atoms with Crippen LogP contribution in [-0.2, 0) is 4.79 Å². The number of benzene rings is 1. The van der Waals surface area contributed by atoms with Gasteiger partial charge in [0.2, 0.25) is 5.91 Å². The number of carbonyl (C=O) groups excluding carboxylic acids is 2. The van der Waals surface area contributed by atoms with Crippen molar-refractivity contribution in [2.75, 3.05) is 18.4 Å². The summed E-state index contributed by atoms with van der Waals surface area (Å²) < 4.78 is 0. The van der Waals surface area contributed by atoms with Gasteiger partial charge in [0.25, 0.3) is 5.91 Å². The standard InChI is InChI=1S/C15H23N3O2/c1-5-16-14(20)11-6-8-12(9-7-11)18-13(19)10-17-15(2,3)4/h6-9,17H,5,10H2,1-4H3,(H,16,20)(H,18,19). The fourth-order valence-electron chi connectivity index (χ4n) is 1.52. The third-order valence-electron chi connectivity index (χ3n) is 2.55. The first-order chi connectivity index (χ1) is 9.31. The molecule has 0 heterocycles. The van der Waals surface area contributed by atoms with Crippen molar-refractivity contribution in [3.05, 3.63) is 29.8 Å². The number of nitrogens with one attached hydrogen (secondary N) is 3. The molecule has 0 radical (unpaired) electrons. The van der Waals surface area contributed by atoms with E-state index in [2.05, 4.69) is 16.0 Å². The van der Waals surface area contributed by atoms with Crippen molar-refractivity contribution in [1.29, 1.82) is 0 Å². The van der Waals surface area contributed by atoms with Crippen LogP contribution in [0.5, 0.6) is 0 Å². The lowest BCUT2D eigenvalue weighted by atomic mass is 10.1. The van der Waals surface area contributed by atoms with Crippen molar-refractivity contribution in [3.63, 3.8) is 0 Å². The molecule has 0 fully saturated rings. The number of amides is 2. The fraction of sp³-hybridized carbons (Fsp3) is 0.467. The molecule has 3 N–H and O–H groups in total. The minimum Gasteiger partial charge on any atom is -0.352 e. The third-order valence-corrected chi connectivity index (χ3v) is 2.55. The Hall–Kier alpha value is -1.88. The zero-order valence-corrected chi connectivity index (χ0v) is 12.5. The second-order valence-corrected chi connectivity index (χ2v) is 5.59. The Morgan fingerprint density at radius 3 is 2.20 bits per heavy atom. The molecule has 0 saturated carbocycles. The molecule has 0 spiro atoms. The van der Waals surface area contributed by atoms with Gasteiger partial charge in [-0.1, -0.05) is 0 Å². The third kappa shape index (κ3) is 5.84. The molecule has 2 amide bonds. The molecule has 110 valence electrons. The van der Waals surface area contributed by atoms with E-state index in [1.165, 1.54) is 0 Å². The Morgan fingerprint density at radius 1 is 1.10 bits per heavy atom. The van der Waals surface area contributed by atoms with Crippen molar-refractivity contribution in [2.24, 2.45) is 0 Å². The SMILES string of the molecule is CCNC(=O)c1ccc(NC(=O)CNC(C)(C)C)cc1. The van der Waals surface area contributed by atoms with Crippen LogP contribution >= 0.6 is 0 Å². The summed E-state index contributed by atoms with van der Waals surface area (Å²) in [5.41, 5.74) is 1.16. The molecule has 20 heavy (non-hydrogen) atoms. The summed E-state index contributed by atoms with van der Waals surface area (Å²) in [5.74, 6) is -0.217. The molecule has 0 atom stereocenters. The van der Waals surface area contributed by atoms with Gasteiger partial charge in [0.05, 0.1) is 6.54 Å². The van der Waals surface area contributed by atoms with Crippen molar-refractivity contribution < 1.29 is 9.59 Å². The summed E-state index contributed by atoms with van der Waals surface area (Å²) >= 11 is 0. The first-order valence-electron chi connectivity index (χ1n) is 6.75. The summed E-state index contributed by atoms with van der Waals surface area (Å²) in [7, 11) is 0. The van der Waals surface area contributed by atoms with E-state index in [-0.39, 0.29) is 23.9 Å². The average Bonchev–Trinajstić information content (AvgIpc) is 2.37. The molecule has 0 aliphatic carbocycles. The minimum absolute atomic E-state index is 0.0978. The van der Waals surface area contributed by atoms with Crippen molar-refractivity contribution in [1.82, 2.24) is 10.6 Å². The molecule has 0 unspecified atom stereocenters. The lowest BCUT2D eigenvalue weighted by molar-refractivity contribution is -0.115. The lowest BCUT2D eigenvalue weighted by Gasteiger charge is -2.20.